The first-order chi connectivity index (χ1) is 12.0. The fourth-order valence-electron chi connectivity index (χ4n) is 3.23. The minimum atomic E-state index is -3.67. The molecule has 9 heteroatoms. The lowest BCUT2D eigenvalue weighted by molar-refractivity contribution is -0.0116. The van der Waals surface area contributed by atoms with Crippen molar-refractivity contribution in [2.75, 3.05) is 32.8 Å². The van der Waals surface area contributed by atoms with Gasteiger partial charge in [-0.1, -0.05) is 11.6 Å². The number of nitrogens with zero attached hydrogens (tertiary/aromatic N) is 1. The summed E-state index contributed by atoms with van der Waals surface area (Å²) in [6.07, 6.45) is 3.12. The molecule has 0 aliphatic carbocycles. The topological polar surface area (TPSA) is 67.9 Å². The summed E-state index contributed by atoms with van der Waals surface area (Å²) in [5.74, 6) is 0.337. The van der Waals surface area contributed by atoms with Crippen LogP contribution in [0.15, 0.2) is 23.1 Å². The smallest absolute Gasteiger partial charge is 0.247 e. The fraction of sp³-hybridized carbons (Fsp3) is 0.647. The number of ether oxygens (including phenoxy) is 2. The molecule has 2 heterocycles. The first-order valence-electron chi connectivity index (χ1n) is 8.75. The van der Waals surface area contributed by atoms with E-state index in [0.717, 1.165) is 25.9 Å². The quantitative estimate of drug-likeness (QED) is 0.786. The highest BCUT2D eigenvalue weighted by atomic mass is 35.5. The lowest BCUT2D eigenvalue weighted by Gasteiger charge is -2.33. The van der Waals surface area contributed by atoms with E-state index in [1.54, 1.807) is 12.1 Å². The van der Waals surface area contributed by atoms with Crippen LogP contribution in [0.3, 0.4) is 0 Å². The molecule has 2 aliphatic rings. The predicted molar refractivity (Wildman–Crippen MR) is 104 cm³/mol. The van der Waals surface area contributed by atoms with Gasteiger partial charge in [0, 0.05) is 37.3 Å². The van der Waals surface area contributed by atoms with E-state index in [9.17, 15) is 8.42 Å². The Bertz CT molecular complexity index is 696. The van der Waals surface area contributed by atoms with Crippen molar-refractivity contribution in [1.29, 1.82) is 0 Å². The Balaban J connectivity index is 0.00000243. The minimum Gasteiger partial charge on any atom is -0.489 e. The van der Waals surface area contributed by atoms with Crippen molar-refractivity contribution >= 4 is 34.0 Å². The molecule has 0 aromatic heterocycles. The number of rotatable bonds is 5. The summed E-state index contributed by atoms with van der Waals surface area (Å²) in [7, 11) is -3.67. The zero-order valence-electron chi connectivity index (χ0n) is 14.8. The van der Waals surface area contributed by atoms with Crippen LogP contribution in [0.5, 0.6) is 5.75 Å². The van der Waals surface area contributed by atoms with E-state index in [2.05, 4.69) is 5.32 Å². The Morgan fingerprint density at radius 1 is 1.38 bits per heavy atom. The fourth-order valence-corrected chi connectivity index (χ4v) is 5.26. The maximum Gasteiger partial charge on any atom is 0.247 e. The summed E-state index contributed by atoms with van der Waals surface area (Å²) < 4.78 is 39.3. The zero-order chi connectivity index (χ0) is 17.9. The lowest BCUT2D eigenvalue weighted by Crippen LogP contribution is -2.52. The zero-order valence-corrected chi connectivity index (χ0v) is 17.2. The minimum absolute atomic E-state index is 0. The van der Waals surface area contributed by atoms with Crippen LogP contribution in [0.2, 0.25) is 5.02 Å². The molecule has 0 radical (unpaired) electrons. The average Bonchev–Trinajstić information content (AvgIpc) is 2.61. The van der Waals surface area contributed by atoms with Crippen molar-refractivity contribution in [2.45, 2.75) is 43.2 Å². The molecule has 1 aromatic carbocycles. The summed E-state index contributed by atoms with van der Waals surface area (Å²) in [5, 5.41) is 3.58. The monoisotopic (exact) mass is 424 g/mol. The number of hydrogen-bond donors (Lipinski definition) is 1. The van der Waals surface area contributed by atoms with E-state index in [4.69, 9.17) is 21.1 Å². The molecular weight excluding hydrogens is 399 g/mol. The van der Waals surface area contributed by atoms with Gasteiger partial charge in [0.2, 0.25) is 10.0 Å². The molecule has 6 nitrogen and oxygen atoms in total. The second kappa shape index (κ2) is 9.57. The number of hydrogen-bond acceptors (Lipinski definition) is 5. The van der Waals surface area contributed by atoms with Gasteiger partial charge < -0.3 is 14.8 Å². The molecule has 0 spiro atoms. The molecule has 148 valence electrons. The van der Waals surface area contributed by atoms with Gasteiger partial charge in [-0.3, -0.25) is 0 Å². The van der Waals surface area contributed by atoms with Crippen LogP contribution in [0.1, 0.15) is 26.2 Å². The molecule has 2 saturated heterocycles. The third-order valence-corrected chi connectivity index (χ3v) is 6.90. The highest BCUT2D eigenvalue weighted by Crippen LogP contribution is 2.31. The van der Waals surface area contributed by atoms with Crippen LogP contribution in [0, 0.1) is 0 Å². The SMILES string of the molecule is CC1CNCCN1S(=O)(=O)c1cc(Cl)ccc1OCC1CCCCO1.Cl. The molecule has 26 heavy (non-hydrogen) atoms. The third kappa shape index (κ3) is 5.03. The summed E-state index contributed by atoms with van der Waals surface area (Å²) in [4.78, 5) is 0.129. The first-order valence-corrected chi connectivity index (χ1v) is 10.6. The van der Waals surface area contributed by atoms with Crippen LogP contribution in [0.4, 0.5) is 0 Å². The van der Waals surface area contributed by atoms with Gasteiger partial charge in [-0.25, -0.2) is 8.42 Å². The molecular formula is C17H26Cl2N2O4S. The van der Waals surface area contributed by atoms with Gasteiger partial charge >= 0.3 is 0 Å². The molecule has 0 amide bonds. The van der Waals surface area contributed by atoms with Crippen LogP contribution in [0.25, 0.3) is 0 Å². The Hall–Kier alpha value is -0.570. The normalized spacial score (nSPS) is 24.7. The second-order valence-electron chi connectivity index (χ2n) is 6.56. The number of nitrogens with one attached hydrogen (secondary N) is 1. The summed E-state index contributed by atoms with van der Waals surface area (Å²) in [6, 6.07) is 4.64. The lowest BCUT2D eigenvalue weighted by atomic mass is 10.1. The molecule has 2 unspecified atom stereocenters. The van der Waals surface area contributed by atoms with Crippen molar-refractivity contribution in [2.24, 2.45) is 0 Å². The maximum absolute atomic E-state index is 13.2. The van der Waals surface area contributed by atoms with Gasteiger partial charge in [-0.2, -0.15) is 4.31 Å². The van der Waals surface area contributed by atoms with Crippen LogP contribution < -0.4 is 10.1 Å². The third-order valence-electron chi connectivity index (χ3n) is 4.63. The van der Waals surface area contributed by atoms with Crippen LogP contribution >= 0.6 is 24.0 Å². The van der Waals surface area contributed by atoms with Gasteiger partial charge in [-0.05, 0) is 44.4 Å². The van der Waals surface area contributed by atoms with E-state index in [-0.39, 0.29) is 29.4 Å². The Labute approximate surface area is 166 Å². The van der Waals surface area contributed by atoms with E-state index < -0.39 is 10.0 Å². The Morgan fingerprint density at radius 3 is 2.88 bits per heavy atom. The molecule has 1 aromatic rings. The van der Waals surface area contributed by atoms with Crippen molar-refractivity contribution in [1.82, 2.24) is 9.62 Å². The largest absolute Gasteiger partial charge is 0.489 e. The highest BCUT2D eigenvalue weighted by Gasteiger charge is 2.33. The van der Waals surface area contributed by atoms with Crippen molar-refractivity contribution in [3.05, 3.63) is 23.2 Å². The summed E-state index contributed by atoms with van der Waals surface area (Å²) in [5.41, 5.74) is 0. The van der Waals surface area contributed by atoms with Gasteiger partial charge in [0.05, 0.1) is 6.10 Å². The van der Waals surface area contributed by atoms with Gasteiger partial charge in [-0.15, -0.1) is 12.4 Å². The van der Waals surface area contributed by atoms with Gasteiger partial charge in [0.25, 0.3) is 0 Å². The van der Waals surface area contributed by atoms with Crippen molar-refractivity contribution < 1.29 is 17.9 Å². The molecule has 0 saturated carbocycles. The van der Waals surface area contributed by atoms with E-state index in [0.29, 0.717) is 37.0 Å². The Kier molecular flexibility index (Phi) is 8.00. The van der Waals surface area contributed by atoms with Crippen LogP contribution in [-0.2, 0) is 14.8 Å². The predicted octanol–water partition coefficient (Wildman–Crippen LogP) is 2.69. The standard InChI is InChI=1S/C17H25ClN2O4S.ClH/c1-13-11-19-7-8-20(13)25(21,22)17-10-14(18)5-6-16(17)24-12-15-4-2-3-9-23-15;/h5-6,10,13,15,19H,2-4,7-9,11-12H2,1H3;1H. The molecule has 0 bridgehead atoms. The second-order valence-corrected chi connectivity index (χ2v) is 8.85. The number of sulfonamides is 1. The molecule has 1 N–H and O–H groups in total. The Morgan fingerprint density at radius 2 is 2.19 bits per heavy atom. The van der Waals surface area contributed by atoms with E-state index >= 15 is 0 Å². The molecule has 2 aliphatic heterocycles. The van der Waals surface area contributed by atoms with Crippen molar-refractivity contribution in [3.8, 4) is 5.75 Å². The van der Waals surface area contributed by atoms with E-state index in [1.807, 2.05) is 6.92 Å². The number of piperazine rings is 1. The van der Waals surface area contributed by atoms with Gasteiger partial charge in [0.15, 0.2) is 0 Å². The maximum atomic E-state index is 13.2. The molecule has 2 fully saturated rings. The van der Waals surface area contributed by atoms with Crippen molar-refractivity contribution in [3.63, 3.8) is 0 Å². The molecule has 3 rings (SSSR count). The first kappa shape index (κ1) is 21.7. The number of halogens is 2. The molecule has 2 atom stereocenters. The average molecular weight is 425 g/mol. The van der Waals surface area contributed by atoms with Crippen LogP contribution in [-0.4, -0.2) is 57.7 Å². The highest BCUT2D eigenvalue weighted by molar-refractivity contribution is 7.89. The number of benzene rings is 1. The van der Waals surface area contributed by atoms with Gasteiger partial charge in [0.1, 0.15) is 17.3 Å². The summed E-state index contributed by atoms with van der Waals surface area (Å²) in [6.45, 7) is 4.67. The van der Waals surface area contributed by atoms with E-state index in [1.165, 1.54) is 10.4 Å². The summed E-state index contributed by atoms with van der Waals surface area (Å²) >= 11 is 6.07.